The van der Waals surface area contributed by atoms with Crippen LogP contribution in [0.3, 0.4) is 0 Å². The number of halogens is 4. The van der Waals surface area contributed by atoms with Crippen LogP contribution in [0.15, 0.2) is 42.5 Å². The smallest absolute Gasteiger partial charge is 0.254 e. The molecule has 1 aliphatic rings. The van der Waals surface area contributed by atoms with E-state index in [4.69, 9.17) is 4.74 Å². The Balaban J connectivity index is 0.00000300. The van der Waals surface area contributed by atoms with Crippen LogP contribution in [-0.2, 0) is 12.8 Å². The monoisotopic (exact) mass is 410 g/mol. The molecule has 0 N–H and O–H groups in total. The standard InChI is InChI=1S/C24H29F3O.FH/c1-3-4-17-5-8-19(9-6-17)20-10-12-21(13-11-20)24(26,27)16-18-7-14-23(28-2)22(25)15-18;/h5-9,14-15,20-21H,3-4,10-13,16H2,1-2H3;1H. The van der Waals surface area contributed by atoms with E-state index in [1.165, 1.54) is 30.4 Å². The molecular formula is C24H30F4O. The van der Waals surface area contributed by atoms with Gasteiger partial charge in [0.05, 0.1) is 7.11 Å². The van der Waals surface area contributed by atoms with Crippen LogP contribution in [0.2, 0.25) is 0 Å². The highest BCUT2D eigenvalue weighted by Gasteiger charge is 2.41. The van der Waals surface area contributed by atoms with Gasteiger partial charge in [-0.15, -0.1) is 0 Å². The molecule has 1 fully saturated rings. The van der Waals surface area contributed by atoms with Gasteiger partial charge in [-0.25, -0.2) is 13.2 Å². The van der Waals surface area contributed by atoms with Crippen LogP contribution in [0, 0.1) is 11.7 Å². The van der Waals surface area contributed by atoms with Crippen LogP contribution in [0.5, 0.6) is 5.75 Å². The SMILES string of the molecule is CCCc1ccc(C2CCC(C(F)(F)Cc3ccc(OC)c(F)c3)CC2)cc1.F. The van der Waals surface area contributed by atoms with Gasteiger partial charge in [0.15, 0.2) is 11.6 Å². The summed E-state index contributed by atoms with van der Waals surface area (Å²) in [5.74, 6) is -3.62. The summed E-state index contributed by atoms with van der Waals surface area (Å²) in [4.78, 5) is 0. The summed E-state index contributed by atoms with van der Waals surface area (Å²) in [6.07, 6.45) is 4.35. The van der Waals surface area contributed by atoms with Gasteiger partial charge in [-0.05, 0) is 66.8 Å². The van der Waals surface area contributed by atoms with Gasteiger partial charge in [-0.1, -0.05) is 43.7 Å². The first kappa shape index (κ1) is 23.2. The maximum atomic E-state index is 14.8. The van der Waals surface area contributed by atoms with Crippen molar-refractivity contribution >= 4 is 0 Å². The summed E-state index contributed by atoms with van der Waals surface area (Å²) in [6, 6.07) is 12.8. The zero-order chi connectivity index (χ0) is 20.1. The molecule has 0 atom stereocenters. The molecule has 1 saturated carbocycles. The third kappa shape index (κ3) is 5.74. The van der Waals surface area contributed by atoms with Crippen LogP contribution in [0.1, 0.15) is 61.6 Å². The van der Waals surface area contributed by atoms with Gasteiger partial charge in [0.1, 0.15) is 0 Å². The minimum Gasteiger partial charge on any atom is -0.494 e. The third-order valence-corrected chi connectivity index (χ3v) is 5.97. The normalized spacial score (nSPS) is 19.5. The molecule has 0 aliphatic heterocycles. The molecule has 0 spiro atoms. The van der Waals surface area contributed by atoms with E-state index in [0.717, 1.165) is 31.7 Å². The third-order valence-electron chi connectivity index (χ3n) is 5.97. The highest BCUT2D eigenvalue weighted by molar-refractivity contribution is 5.30. The Bertz CT molecular complexity index is 765. The number of ether oxygens (including phenoxy) is 1. The van der Waals surface area contributed by atoms with Gasteiger partial charge in [-0.2, -0.15) is 0 Å². The van der Waals surface area contributed by atoms with Gasteiger partial charge in [0, 0.05) is 12.3 Å². The molecule has 0 bridgehead atoms. The Hall–Kier alpha value is -2.04. The average Bonchev–Trinajstić information content (AvgIpc) is 2.69. The Morgan fingerprint density at radius 3 is 2.14 bits per heavy atom. The van der Waals surface area contributed by atoms with Crippen molar-refractivity contribution in [2.24, 2.45) is 5.92 Å². The molecular weight excluding hydrogens is 380 g/mol. The second kappa shape index (κ2) is 10.1. The van der Waals surface area contributed by atoms with Crippen molar-refractivity contribution in [3.05, 3.63) is 65.0 Å². The number of hydrogen-bond acceptors (Lipinski definition) is 1. The molecule has 0 aromatic heterocycles. The Labute approximate surface area is 170 Å². The maximum absolute atomic E-state index is 14.8. The molecule has 2 aromatic rings. The summed E-state index contributed by atoms with van der Waals surface area (Å²) >= 11 is 0. The molecule has 0 amide bonds. The minimum absolute atomic E-state index is 0. The van der Waals surface area contributed by atoms with Crippen molar-refractivity contribution < 1.29 is 22.6 Å². The lowest BCUT2D eigenvalue weighted by molar-refractivity contribution is -0.0715. The summed E-state index contributed by atoms with van der Waals surface area (Å²) < 4.78 is 48.3. The number of alkyl halides is 2. The first-order valence-corrected chi connectivity index (χ1v) is 10.2. The lowest BCUT2D eigenvalue weighted by Crippen LogP contribution is -2.33. The minimum atomic E-state index is -2.82. The summed E-state index contributed by atoms with van der Waals surface area (Å²) in [7, 11) is 1.36. The van der Waals surface area contributed by atoms with E-state index in [2.05, 4.69) is 31.2 Å². The van der Waals surface area contributed by atoms with Crippen LogP contribution < -0.4 is 4.74 Å². The molecule has 0 saturated heterocycles. The number of hydrogen-bond donors (Lipinski definition) is 0. The number of methoxy groups -OCH3 is 1. The van der Waals surface area contributed by atoms with E-state index < -0.39 is 24.1 Å². The predicted octanol–water partition coefficient (Wildman–Crippen LogP) is 7.09. The number of benzene rings is 2. The van der Waals surface area contributed by atoms with E-state index >= 15 is 0 Å². The highest BCUT2D eigenvalue weighted by Crippen LogP contribution is 2.43. The van der Waals surface area contributed by atoms with E-state index in [-0.39, 0.29) is 10.5 Å². The second-order valence-corrected chi connectivity index (χ2v) is 7.95. The Kier molecular flexibility index (Phi) is 8.12. The fourth-order valence-electron chi connectivity index (χ4n) is 4.33. The van der Waals surface area contributed by atoms with Crippen molar-refractivity contribution in [2.45, 2.75) is 63.7 Å². The van der Waals surface area contributed by atoms with E-state index in [0.29, 0.717) is 24.3 Å². The van der Waals surface area contributed by atoms with Gasteiger partial charge in [-0.3, -0.25) is 4.70 Å². The quantitative estimate of drug-likeness (QED) is 0.443. The molecule has 2 aromatic carbocycles. The van der Waals surface area contributed by atoms with Gasteiger partial charge in [0.25, 0.3) is 5.92 Å². The fraction of sp³-hybridized carbons (Fsp3) is 0.500. The second-order valence-electron chi connectivity index (χ2n) is 7.95. The Morgan fingerprint density at radius 2 is 1.59 bits per heavy atom. The fourth-order valence-corrected chi connectivity index (χ4v) is 4.33. The van der Waals surface area contributed by atoms with Crippen LogP contribution in [-0.4, -0.2) is 13.0 Å². The molecule has 3 rings (SSSR count). The van der Waals surface area contributed by atoms with Gasteiger partial charge < -0.3 is 4.74 Å². The molecule has 29 heavy (non-hydrogen) atoms. The first-order valence-electron chi connectivity index (χ1n) is 10.2. The molecule has 0 radical (unpaired) electrons. The lowest BCUT2D eigenvalue weighted by atomic mass is 9.75. The van der Waals surface area contributed by atoms with Crippen molar-refractivity contribution in [1.29, 1.82) is 0 Å². The van der Waals surface area contributed by atoms with Gasteiger partial charge >= 0.3 is 0 Å². The van der Waals surface area contributed by atoms with E-state index in [1.807, 2.05) is 0 Å². The van der Waals surface area contributed by atoms with Crippen LogP contribution in [0.25, 0.3) is 0 Å². The predicted molar refractivity (Wildman–Crippen MR) is 109 cm³/mol. The van der Waals surface area contributed by atoms with Crippen LogP contribution in [0.4, 0.5) is 17.9 Å². The molecule has 0 unspecified atom stereocenters. The average molecular weight is 410 g/mol. The largest absolute Gasteiger partial charge is 0.494 e. The van der Waals surface area contributed by atoms with Crippen molar-refractivity contribution in [3.63, 3.8) is 0 Å². The number of aryl methyl sites for hydroxylation is 1. The summed E-state index contributed by atoms with van der Waals surface area (Å²) in [5.41, 5.74) is 2.91. The zero-order valence-corrected chi connectivity index (χ0v) is 17.1. The van der Waals surface area contributed by atoms with Gasteiger partial charge in [0.2, 0.25) is 0 Å². The van der Waals surface area contributed by atoms with Crippen LogP contribution >= 0.6 is 0 Å². The summed E-state index contributed by atoms with van der Waals surface area (Å²) in [6.45, 7) is 2.16. The molecule has 0 heterocycles. The molecule has 1 nitrogen and oxygen atoms in total. The lowest BCUT2D eigenvalue weighted by Gasteiger charge is -2.34. The summed E-state index contributed by atoms with van der Waals surface area (Å²) in [5, 5.41) is 0. The van der Waals surface area contributed by atoms with Crippen molar-refractivity contribution in [2.75, 3.05) is 7.11 Å². The molecule has 1 aliphatic carbocycles. The maximum Gasteiger partial charge on any atom is 0.254 e. The molecule has 160 valence electrons. The Morgan fingerprint density at radius 1 is 0.966 bits per heavy atom. The zero-order valence-electron chi connectivity index (χ0n) is 17.1. The van der Waals surface area contributed by atoms with E-state index in [9.17, 15) is 13.2 Å². The highest BCUT2D eigenvalue weighted by atomic mass is 19.3. The van der Waals surface area contributed by atoms with Crippen molar-refractivity contribution in [3.8, 4) is 5.75 Å². The van der Waals surface area contributed by atoms with Crippen molar-refractivity contribution in [1.82, 2.24) is 0 Å². The van der Waals surface area contributed by atoms with E-state index in [1.54, 1.807) is 0 Å². The number of rotatable bonds is 7. The first-order chi connectivity index (χ1) is 13.4. The molecule has 5 heteroatoms. The topological polar surface area (TPSA) is 9.23 Å².